The van der Waals surface area contributed by atoms with Crippen molar-refractivity contribution in [2.45, 2.75) is 181 Å². The number of rotatable bonds is 31. The molecule has 0 aromatic carbocycles. The van der Waals surface area contributed by atoms with Crippen LogP contribution >= 0.6 is 0 Å². The Balaban J connectivity index is 4.06. The molecule has 232 valence electrons. The van der Waals surface area contributed by atoms with E-state index in [9.17, 15) is 9.59 Å². The third-order valence-corrected chi connectivity index (χ3v) is 7.95. The Bertz CT molecular complexity index is 499. The van der Waals surface area contributed by atoms with Crippen molar-refractivity contribution in [2.75, 3.05) is 26.2 Å². The van der Waals surface area contributed by atoms with Crippen molar-refractivity contribution in [1.29, 1.82) is 0 Å². The van der Waals surface area contributed by atoms with Crippen LogP contribution in [-0.4, -0.2) is 42.9 Å². The van der Waals surface area contributed by atoms with Crippen LogP contribution in [0.2, 0.25) is 0 Å². The molecule has 0 aromatic rings. The third-order valence-electron chi connectivity index (χ3n) is 7.95. The van der Waals surface area contributed by atoms with Crippen molar-refractivity contribution in [3.63, 3.8) is 0 Å². The summed E-state index contributed by atoms with van der Waals surface area (Å²) in [4.78, 5) is 26.9. The molecular weight excluding hydrogens is 482 g/mol. The van der Waals surface area contributed by atoms with Gasteiger partial charge in [-0.15, -0.1) is 0 Å². The maximum Gasteiger partial charge on any atom is 0.223 e. The van der Waals surface area contributed by atoms with Crippen LogP contribution < -0.4 is 11.1 Å². The number of carbonyl (C=O) groups is 2. The standard InChI is InChI=1S/C34H69N3O2/c1-3-5-7-9-11-13-15-17-19-21-23-25-31-37(34(39)28-27-33(38)36-30-29-35)32-26-24-22-20-18-16-14-12-10-8-6-4-2/h3-32,35H2,1-2H3,(H,36,38). The summed E-state index contributed by atoms with van der Waals surface area (Å²) in [5.74, 6) is 0.0773. The van der Waals surface area contributed by atoms with Gasteiger partial charge in [0, 0.05) is 39.0 Å². The monoisotopic (exact) mass is 552 g/mol. The second-order valence-corrected chi connectivity index (χ2v) is 11.8. The summed E-state index contributed by atoms with van der Waals surface area (Å²) in [5.41, 5.74) is 5.46. The Morgan fingerprint density at radius 2 is 0.846 bits per heavy atom. The smallest absolute Gasteiger partial charge is 0.223 e. The van der Waals surface area contributed by atoms with E-state index < -0.39 is 0 Å². The zero-order valence-corrected chi connectivity index (χ0v) is 26.6. The van der Waals surface area contributed by atoms with Crippen molar-refractivity contribution in [1.82, 2.24) is 10.2 Å². The fourth-order valence-electron chi connectivity index (χ4n) is 5.33. The van der Waals surface area contributed by atoms with E-state index in [1.54, 1.807) is 0 Å². The molecule has 0 rings (SSSR count). The number of nitrogens with one attached hydrogen (secondary N) is 1. The minimum atomic E-state index is -0.0653. The molecule has 0 aliphatic heterocycles. The maximum atomic E-state index is 12.9. The molecule has 0 bridgehead atoms. The summed E-state index contributed by atoms with van der Waals surface area (Å²) in [6.07, 6.45) is 32.5. The average molecular weight is 552 g/mol. The minimum absolute atomic E-state index is 0.0653. The molecule has 0 fully saturated rings. The van der Waals surface area contributed by atoms with Gasteiger partial charge >= 0.3 is 0 Å². The first-order chi connectivity index (χ1) is 19.2. The van der Waals surface area contributed by atoms with Crippen LogP contribution in [-0.2, 0) is 9.59 Å². The van der Waals surface area contributed by atoms with E-state index in [0.29, 0.717) is 19.5 Å². The first-order valence-corrected chi connectivity index (χ1v) is 17.4. The topological polar surface area (TPSA) is 75.4 Å². The summed E-state index contributed by atoms with van der Waals surface area (Å²) in [7, 11) is 0. The van der Waals surface area contributed by atoms with Gasteiger partial charge in [-0.1, -0.05) is 155 Å². The maximum absolute atomic E-state index is 12.9. The molecule has 0 unspecified atom stereocenters. The number of nitrogens with zero attached hydrogens (tertiary/aromatic N) is 1. The van der Waals surface area contributed by atoms with Gasteiger partial charge in [-0.25, -0.2) is 0 Å². The highest BCUT2D eigenvalue weighted by Crippen LogP contribution is 2.14. The second-order valence-electron chi connectivity index (χ2n) is 11.8. The summed E-state index contributed by atoms with van der Waals surface area (Å²) < 4.78 is 0. The van der Waals surface area contributed by atoms with E-state index in [0.717, 1.165) is 25.9 Å². The van der Waals surface area contributed by atoms with Gasteiger partial charge in [-0.3, -0.25) is 9.59 Å². The van der Waals surface area contributed by atoms with Crippen LogP contribution in [0.5, 0.6) is 0 Å². The molecule has 3 N–H and O–H groups in total. The van der Waals surface area contributed by atoms with E-state index in [1.807, 2.05) is 4.90 Å². The van der Waals surface area contributed by atoms with E-state index in [2.05, 4.69) is 19.2 Å². The number of nitrogens with two attached hydrogens (primary N) is 1. The summed E-state index contributed by atoms with van der Waals surface area (Å²) in [6.45, 7) is 7.16. The zero-order chi connectivity index (χ0) is 28.7. The number of hydrogen-bond donors (Lipinski definition) is 2. The summed E-state index contributed by atoms with van der Waals surface area (Å²) >= 11 is 0. The molecule has 0 spiro atoms. The molecule has 0 atom stereocenters. The van der Waals surface area contributed by atoms with Crippen LogP contribution in [0.1, 0.15) is 181 Å². The van der Waals surface area contributed by atoms with E-state index in [4.69, 9.17) is 5.73 Å². The third kappa shape index (κ3) is 28.2. The fraction of sp³-hybridized carbons (Fsp3) is 0.941. The van der Waals surface area contributed by atoms with Gasteiger partial charge in [-0.05, 0) is 12.8 Å². The van der Waals surface area contributed by atoms with E-state index in [-0.39, 0.29) is 18.2 Å². The highest BCUT2D eigenvalue weighted by atomic mass is 16.2. The molecular formula is C34H69N3O2. The molecule has 39 heavy (non-hydrogen) atoms. The largest absolute Gasteiger partial charge is 0.355 e. The minimum Gasteiger partial charge on any atom is -0.355 e. The predicted molar refractivity (Wildman–Crippen MR) is 170 cm³/mol. The SMILES string of the molecule is CCCCCCCCCCCCCCN(CCCCCCCCCCCCCC)C(=O)CCC(=O)NCCN. The lowest BCUT2D eigenvalue weighted by molar-refractivity contribution is -0.133. The predicted octanol–water partition coefficient (Wildman–Crippen LogP) is 9.07. The first kappa shape index (κ1) is 37.9. The van der Waals surface area contributed by atoms with Gasteiger partial charge < -0.3 is 16.0 Å². The molecule has 5 heteroatoms. The lowest BCUT2D eigenvalue weighted by atomic mass is 10.0. The molecule has 0 aliphatic carbocycles. The Kier molecular flexibility index (Phi) is 30.5. The summed E-state index contributed by atoms with van der Waals surface area (Å²) in [6, 6.07) is 0. The molecule has 0 radical (unpaired) electrons. The van der Waals surface area contributed by atoms with Crippen molar-refractivity contribution >= 4 is 11.8 Å². The van der Waals surface area contributed by atoms with Crippen molar-refractivity contribution in [3.05, 3.63) is 0 Å². The molecule has 5 nitrogen and oxygen atoms in total. The average Bonchev–Trinajstić information content (AvgIpc) is 2.94. The Morgan fingerprint density at radius 3 is 1.18 bits per heavy atom. The van der Waals surface area contributed by atoms with Crippen molar-refractivity contribution in [3.8, 4) is 0 Å². The van der Waals surface area contributed by atoms with Gasteiger partial charge in [0.15, 0.2) is 0 Å². The van der Waals surface area contributed by atoms with Gasteiger partial charge in [0.25, 0.3) is 0 Å². The Hall–Kier alpha value is -1.10. The molecule has 2 amide bonds. The van der Waals surface area contributed by atoms with E-state index >= 15 is 0 Å². The van der Waals surface area contributed by atoms with Crippen molar-refractivity contribution in [2.24, 2.45) is 5.73 Å². The van der Waals surface area contributed by atoms with Crippen LogP contribution in [0.4, 0.5) is 0 Å². The highest BCUT2D eigenvalue weighted by Gasteiger charge is 2.14. The van der Waals surface area contributed by atoms with Crippen LogP contribution in [0.3, 0.4) is 0 Å². The number of carbonyl (C=O) groups excluding carboxylic acids is 2. The van der Waals surface area contributed by atoms with Gasteiger partial charge in [0.05, 0.1) is 0 Å². The van der Waals surface area contributed by atoms with Crippen molar-refractivity contribution < 1.29 is 9.59 Å². The number of hydrogen-bond acceptors (Lipinski definition) is 3. The van der Waals surface area contributed by atoms with E-state index in [1.165, 1.54) is 141 Å². The van der Waals surface area contributed by atoms with Crippen LogP contribution in [0, 0.1) is 0 Å². The lowest BCUT2D eigenvalue weighted by Gasteiger charge is -2.23. The van der Waals surface area contributed by atoms with Gasteiger partial charge in [0.1, 0.15) is 0 Å². The van der Waals surface area contributed by atoms with Gasteiger partial charge in [0.2, 0.25) is 11.8 Å². The zero-order valence-electron chi connectivity index (χ0n) is 26.6. The molecule has 0 heterocycles. The summed E-state index contributed by atoms with van der Waals surface area (Å²) in [5, 5.41) is 2.78. The van der Waals surface area contributed by atoms with Crippen LogP contribution in [0.15, 0.2) is 0 Å². The highest BCUT2D eigenvalue weighted by molar-refractivity contribution is 5.83. The molecule has 0 saturated carbocycles. The Morgan fingerprint density at radius 1 is 0.513 bits per heavy atom. The number of unbranched alkanes of at least 4 members (excludes halogenated alkanes) is 22. The molecule has 0 aromatic heterocycles. The normalized spacial score (nSPS) is 11.2. The molecule has 0 saturated heterocycles. The Labute approximate surface area is 244 Å². The lowest BCUT2D eigenvalue weighted by Crippen LogP contribution is -2.35. The fourth-order valence-corrected chi connectivity index (χ4v) is 5.33. The number of amides is 2. The first-order valence-electron chi connectivity index (χ1n) is 17.4. The van der Waals surface area contributed by atoms with Crippen LogP contribution in [0.25, 0.3) is 0 Å². The van der Waals surface area contributed by atoms with Gasteiger partial charge in [-0.2, -0.15) is 0 Å². The second kappa shape index (κ2) is 31.4. The molecule has 0 aliphatic rings. The quantitative estimate of drug-likeness (QED) is 0.0844.